The van der Waals surface area contributed by atoms with Gasteiger partial charge in [0.15, 0.2) is 0 Å². The van der Waals surface area contributed by atoms with Gasteiger partial charge in [-0.05, 0) is 62.2 Å². The smallest absolute Gasteiger partial charge is 0.335 e. The van der Waals surface area contributed by atoms with Crippen molar-refractivity contribution in [2.75, 3.05) is 6.61 Å². The predicted molar refractivity (Wildman–Crippen MR) is 129 cm³/mol. The van der Waals surface area contributed by atoms with Crippen LogP contribution in [0.25, 0.3) is 0 Å². The van der Waals surface area contributed by atoms with Crippen LogP contribution in [0.2, 0.25) is 5.02 Å². The maximum absolute atomic E-state index is 13.4. The van der Waals surface area contributed by atoms with E-state index in [-0.39, 0.29) is 12.2 Å². The van der Waals surface area contributed by atoms with Crippen molar-refractivity contribution < 1.29 is 14.6 Å². The number of hydrogen-bond acceptors (Lipinski definition) is 5. The van der Waals surface area contributed by atoms with Gasteiger partial charge in [-0.1, -0.05) is 30.7 Å². The topological polar surface area (TPSA) is 119 Å². The Morgan fingerprint density at radius 1 is 1.12 bits per heavy atom. The van der Waals surface area contributed by atoms with Crippen molar-refractivity contribution in [3.05, 3.63) is 85.7 Å². The Bertz CT molecular complexity index is 1320. The Hall–Kier alpha value is -3.59. The third-order valence-electron chi connectivity index (χ3n) is 5.45. The largest absolute Gasteiger partial charge is 0.494 e. The second-order valence-corrected chi connectivity index (χ2v) is 8.38. The molecule has 2 N–H and O–H groups in total. The van der Waals surface area contributed by atoms with E-state index in [1.54, 1.807) is 48.5 Å². The number of nitrogens with zero attached hydrogens (tertiary/aromatic N) is 3. The third kappa shape index (κ3) is 5.85. The Balaban J connectivity index is 2.15. The fraction of sp³-hybridized carbons (Fsp3) is 0.333. The lowest BCUT2D eigenvalue weighted by atomic mass is 10.0. The molecular formula is C24H27ClN4O5. The van der Waals surface area contributed by atoms with Crippen LogP contribution in [-0.2, 0) is 11.3 Å². The summed E-state index contributed by atoms with van der Waals surface area (Å²) in [5.74, 6) is -1.38. The first-order valence-corrected chi connectivity index (χ1v) is 11.3. The summed E-state index contributed by atoms with van der Waals surface area (Å²) in [6, 6.07) is 13.0. The lowest BCUT2D eigenvalue weighted by molar-refractivity contribution is -0.142. The Kier molecular flexibility index (Phi) is 8.12. The Labute approximate surface area is 200 Å². The molecular weight excluding hydrogens is 460 g/mol. The first-order valence-electron chi connectivity index (χ1n) is 10.9. The number of halogens is 1. The van der Waals surface area contributed by atoms with Gasteiger partial charge in [-0.15, -0.1) is 0 Å². The van der Waals surface area contributed by atoms with Crippen molar-refractivity contribution in [1.82, 2.24) is 14.1 Å². The average Bonchev–Trinajstić information content (AvgIpc) is 2.81. The number of hydrogen-bond donors (Lipinski definition) is 2. The molecule has 0 fully saturated rings. The van der Waals surface area contributed by atoms with Gasteiger partial charge in [-0.3, -0.25) is 14.3 Å². The van der Waals surface area contributed by atoms with Gasteiger partial charge in [0, 0.05) is 5.02 Å². The van der Waals surface area contributed by atoms with Crippen molar-refractivity contribution in [3.8, 4) is 5.75 Å². The molecule has 0 saturated carbocycles. The highest BCUT2D eigenvalue weighted by molar-refractivity contribution is 6.30. The molecule has 0 bridgehead atoms. The molecule has 10 heteroatoms. The number of aromatic amines is 1. The summed E-state index contributed by atoms with van der Waals surface area (Å²) in [7, 11) is 0. The summed E-state index contributed by atoms with van der Waals surface area (Å²) in [5, 5.41) is 9.92. The van der Waals surface area contributed by atoms with Crippen LogP contribution in [-0.4, -0.2) is 31.8 Å². The molecule has 34 heavy (non-hydrogen) atoms. The molecule has 2 aromatic carbocycles. The molecule has 0 radical (unpaired) electrons. The van der Waals surface area contributed by atoms with Crippen LogP contribution in [0.1, 0.15) is 38.8 Å². The van der Waals surface area contributed by atoms with Crippen molar-refractivity contribution in [2.24, 2.45) is 10.9 Å². The van der Waals surface area contributed by atoms with Gasteiger partial charge in [0.1, 0.15) is 5.75 Å². The van der Waals surface area contributed by atoms with Crippen molar-refractivity contribution >= 4 is 23.3 Å². The van der Waals surface area contributed by atoms with Gasteiger partial charge in [-0.25, -0.2) is 19.1 Å². The van der Waals surface area contributed by atoms with Crippen molar-refractivity contribution in [1.29, 1.82) is 0 Å². The number of H-pyrrole nitrogens is 1. The maximum atomic E-state index is 13.4. The molecule has 2 atom stereocenters. The second-order valence-electron chi connectivity index (χ2n) is 7.94. The monoisotopic (exact) mass is 486 g/mol. The summed E-state index contributed by atoms with van der Waals surface area (Å²) in [6.45, 7) is 5.67. The van der Waals surface area contributed by atoms with Crippen LogP contribution in [0.15, 0.2) is 63.1 Å². The van der Waals surface area contributed by atoms with Crippen LogP contribution in [0, 0.1) is 5.92 Å². The number of aromatic nitrogens is 3. The number of ether oxygens (including phenoxy) is 1. The third-order valence-corrected chi connectivity index (χ3v) is 5.70. The van der Waals surface area contributed by atoms with E-state index in [2.05, 4.69) is 9.98 Å². The first-order chi connectivity index (χ1) is 16.2. The summed E-state index contributed by atoms with van der Waals surface area (Å²) >= 11 is 5.98. The zero-order chi connectivity index (χ0) is 24.8. The quantitative estimate of drug-likeness (QED) is 0.480. The average molecular weight is 487 g/mol. The van der Waals surface area contributed by atoms with E-state index in [1.807, 2.05) is 6.92 Å². The maximum Gasteiger partial charge on any atom is 0.335 e. The minimum absolute atomic E-state index is 0.0404. The summed E-state index contributed by atoms with van der Waals surface area (Å²) in [6.07, 6.45) is 0.882. The molecule has 3 aromatic rings. The number of carbonyl (C=O) groups is 1. The van der Waals surface area contributed by atoms with Gasteiger partial charge >= 0.3 is 17.3 Å². The van der Waals surface area contributed by atoms with Crippen molar-refractivity contribution in [2.45, 2.75) is 39.8 Å². The molecule has 0 unspecified atom stereocenters. The van der Waals surface area contributed by atoms with E-state index in [9.17, 15) is 19.5 Å². The van der Waals surface area contributed by atoms with Gasteiger partial charge in [0.05, 0.1) is 30.8 Å². The van der Waals surface area contributed by atoms with E-state index in [0.29, 0.717) is 23.1 Å². The first kappa shape index (κ1) is 25.0. The fourth-order valence-corrected chi connectivity index (χ4v) is 3.41. The van der Waals surface area contributed by atoms with E-state index in [0.717, 1.165) is 16.6 Å². The summed E-state index contributed by atoms with van der Waals surface area (Å²) < 4.78 is 7.79. The molecule has 0 aliphatic heterocycles. The van der Waals surface area contributed by atoms with Crippen LogP contribution in [0.4, 0.5) is 5.69 Å². The predicted octanol–water partition coefficient (Wildman–Crippen LogP) is 3.34. The Morgan fingerprint density at radius 3 is 2.35 bits per heavy atom. The number of rotatable bonds is 9. The van der Waals surface area contributed by atoms with E-state index >= 15 is 0 Å². The molecule has 0 aliphatic rings. The molecule has 1 aromatic heterocycles. The number of carboxylic acid groups (broad SMARTS) is 1. The fourth-order valence-electron chi connectivity index (χ4n) is 3.28. The molecule has 1 heterocycles. The summed E-state index contributed by atoms with van der Waals surface area (Å²) in [5.41, 5.74) is -0.101. The van der Waals surface area contributed by atoms with Gasteiger partial charge in [0.2, 0.25) is 5.62 Å². The number of nitrogens with one attached hydrogen (secondary N) is 1. The highest BCUT2D eigenvalue weighted by Gasteiger charge is 2.25. The molecule has 0 aliphatic carbocycles. The van der Waals surface area contributed by atoms with E-state index < -0.39 is 29.3 Å². The number of aliphatic carboxylic acids is 1. The number of carboxylic acids is 1. The normalized spacial score (nSPS) is 13.5. The molecule has 0 saturated heterocycles. The number of benzene rings is 2. The zero-order valence-electron chi connectivity index (χ0n) is 19.2. The molecule has 0 spiro atoms. The minimum atomic E-state index is -1.11. The van der Waals surface area contributed by atoms with Gasteiger partial charge < -0.3 is 9.84 Å². The lowest BCUT2D eigenvalue weighted by Gasteiger charge is -2.19. The lowest BCUT2D eigenvalue weighted by Crippen LogP contribution is -2.52. The van der Waals surface area contributed by atoms with Crippen LogP contribution < -0.4 is 21.7 Å². The molecule has 3 rings (SSSR count). The van der Waals surface area contributed by atoms with Crippen LogP contribution >= 0.6 is 11.6 Å². The summed E-state index contributed by atoms with van der Waals surface area (Å²) in [4.78, 5) is 44.9. The second kappa shape index (κ2) is 11.0. The SMILES string of the molecule is CCCOc1ccc(/N=c2\[nH]c(=O)n([C@@H](C)[C@@H](C)C(=O)O)c(=O)n2Cc2ccc(Cl)cc2)cc1. The molecule has 180 valence electrons. The van der Waals surface area contributed by atoms with E-state index in [4.69, 9.17) is 16.3 Å². The van der Waals surface area contributed by atoms with Crippen LogP contribution in [0.5, 0.6) is 5.75 Å². The molecule has 9 nitrogen and oxygen atoms in total. The van der Waals surface area contributed by atoms with Gasteiger partial charge in [0.25, 0.3) is 0 Å². The molecule has 0 amide bonds. The van der Waals surface area contributed by atoms with Crippen LogP contribution in [0.3, 0.4) is 0 Å². The zero-order valence-corrected chi connectivity index (χ0v) is 20.0. The van der Waals surface area contributed by atoms with Gasteiger partial charge in [-0.2, -0.15) is 0 Å². The standard InChI is InChI=1S/C24H27ClN4O5/c1-4-13-34-20-11-9-19(10-12-20)26-22-27-23(32)29(16(3)15(2)21(30)31)24(33)28(22)14-17-5-7-18(25)8-6-17/h5-12,15-16H,4,13-14H2,1-3H3,(H,30,31)(H,26,27,32)/t15-,16+/m1/s1. The minimum Gasteiger partial charge on any atom is -0.494 e. The highest BCUT2D eigenvalue weighted by atomic mass is 35.5. The highest BCUT2D eigenvalue weighted by Crippen LogP contribution is 2.18. The Morgan fingerprint density at radius 2 is 1.76 bits per heavy atom. The van der Waals surface area contributed by atoms with E-state index in [1.165, 1.54) is 18.4 Å². The van der Waals surface area contributed by atoms with Crippen molar-refractivity contribution in [3.63, 3.8) is 0 Å².